The first-order valence-electron chi connectivity index (χ1n) is 4.46. The van der Waals surface area contributed by atoms with Crippen molar-refractivity contribution in [1.82, 2.24) is 4.98 Å². The van der Waals surface area contributed by atoms with E-state index in [-0.39, 0.29) is 5.56 Å². The highest BCUT2D eigenvalue weighted by molar-refractivity contribution is 6.31. The van der Waals surface area contributed by atoms with Gasteiger partial charge in [-0.25, -0.2) is 8.78 Å². The molecular weight excluding hydrogens is 232 g/mol. The highest BCUT2D eigenvalue weighted by Gasteiger charge is 1.98. The average molecular weight is 238 g/mol. The summed E-state index contributed by atoms with van der Waals surface area (Å²) in [7, 11) is 0. The van der Waals surface area contributed by atoms with Crippen LogP contribution in [0.3, 0.4) is 0 Å². The molecule has 4 heteroatoms. The van der Waals surface area contributed by atoms with E-state index in [0.29, 0.717) is 10.7 Å². The molecule has 0 aliphatic heterocycles. The van der Waals surface area contributed by atoms with Gasteiger partial charge in [0, 0.05) is 17.8 Å². The topological polar surface area (TPSA) is 15.8 Å². The monoisotopic (exact) mass is 237 g/mol. The second kappa shape index (κ2) is 4.38. The summed E-state index contributed by atoms with van der Waals surface area (Å²) in [6.07, 6.45) is 1.64. The van der Waals surface area contributed by atoms with E-state index >= 15 is 0 Å². The van der Waals surface area contributed by atoms with Crippen molar-refractivity contribution in [2.24, 2.45) is 0 Å². The number of benzene rings is 1. The fraction of sp³-hybridized carbons (Fsp3) is 0. The number of rotatable bonds is 0. The number of aromatic nitrogens is 1. The van der Waals surface area contributed by atoms with Crippen LogP contribution in [-0.4, -0.2) is 4.98 Å². The largest absolute Gasteiger partial charge is 0.354 e. The number of hydrogen-bond donors (Lipinski definition) is 1. The van der Waals surface area contributed by atoms with Gasteiger partial charge in [0.1, 0.15) is 17.3 Å². The fourth-order valence-electron chi connectivity index (χ4n) is 1.21. The Bertz CT molecular complexity index is 558. The third kappa shape index (κ3) is 2.41. The van der Waals surface area contributed by atoms with Gasteiger partial charge in [-0.2, -0.15) is 0 Å². The third-order valence-electron chi connectivity index (χ3n) is 1.89. The van der Waals surface area contributed by atoms with Crippen LogP contribution in [0.5, 0.6) is 0 Å². The molecule has 0 aliphatic rings. The quantitative estimate of drug-likeness (QED) is 0.677. The normalized spacial score (nSPS) is 9.69. The van der Waals surface area contributed by atoms with Crippen molar-refractivity contribution in [3.05, 3.63) is 58.4 Å². The Hall–Kier alpha value is -1.79. The van der Waals surface area contributed by atoms with Crippen LogP contribution in [0, 0.1) is 23.5 Å². The van der Waals surface area contributed by atoms with Crippen molar-refractivity contribution in [2.75, 3.05) is 0 Å². The van der Waals surface area contributed by atoms with Crippen molar-refractivity contribution in [2.45, 2.75) is 0 Å². The van der Waals surface area contributed by atoms with Crippen LogP contribution in [0.25, 0.3) is 0 Å². The maximum absolute atomic E-state index is 12.8. The standard InChI is InChI=1S/C12H6ClF2N/c13-11-3-4-16-12(11)2-1-8-5-9(14)7-10(15)6-8/h3-7,16H. The number of aromatic amines is 1. The molecule has 0 saturated carbocycles. The van der Waals surface area contributed by atoms with E-state index in [2.05, 4.69) is 16.8 Å². The van der Waals surface area contributed by atoms with Crippen molar-refractivity contribution < 1.29 is 8.78 Å². The van der Waals surface area contributed by atoms with Crippen LogP contribution in [0.15, 0.2) is 30.5 Å². The molecule has 0 bridgehead atoms. The molecule has 16 heavy (non-hydrogen) atoms. The molecule has 0 amide bonds. The Kier molecular flexibility index (Phi) is 2.93. The minimum Gasteiger partial charge on any atom is -0.354 e. The van der Waals surface area contributed by atoms with Crippen molar-refractivity contribution in [1.29, 1.82) is 0 Å². The van der Waals surface area contributed by atoms with Gasteiger partial charge in [0.05, 0.1) is 5.02 Å². The second-order valence-corrected chi connectivity index (χ2v) is 3.52. The molecule has 1 aromatic carbocycles. The fourth-order valence-corrected chi connectivity index (χ4v) is 1.37. The van der Waals surface area contributed by atoms with Gasteiger partial charge in [0.15, 0.2) is 0 Å². The van der Waals surface area contributed by atoms with E-state index in [1.54, 1.807) is 12.3 Å². The molecule has 0 radical (unpaired) electrons. The summed E-state index contributed by atoms with van der Waals surface area (Å²) in [5.74, 6) is 4.01. The number of halogens is 3. The van der Waals surface area contributed by atoms with E-state index in [4.69, 9.17) is 11.6 Å². The SMILES string of the molecule is Fc1cc(F)cc(C#Cc2[nH]ccc2Cl)c1. The lowest BCUT2D eigenvalue weighted by molar-refractivity contribution is 0.582. The number of hydrogen-bond acceptors (Lipinski definition) is 0. The summed E-state index contributed by atoms with van der Waals surface area (Å²) in [6.45, 7) is 0. The molecule has 2 rings (SSSR count). The Morgan fingerprint density at radius 1 is 1.06 bits per heavy atom. The first kappa shape index (κ1) is 10.7. The first-order valence-corrected chi connectivity index (χ1v) is 4.84. The summed E-state index contributed by atoms with van der Waals surface area (Å²) in [4.78, 5) is 2.81. The van der Waals surface area contributed by atoms with Gasteiger partial charge in [-0.1, -0.05) is 17.5 Å². The lowest BCUT2D eigenvalue weighted by Gasteiger charge is -1.92. The Morgan fingerprint density at radius 2 is 1.75 bits per heavy atom. The maximum Gasteiger partial charge on any atom is 0.127 e. The van der Waals surface area contributed by atoms with Crippen LogP contribution in [0.1, 0.15) is 11.3 Å². The molecule has 1 N–H and O–H groups in total. The summed E-state index contributed by atoms with van der Waals surface area (Å²) >= 11 is 5.79. The van der Waals surface area contributed by atoms with Crippen LogP contribution >= 0.6 is 11.6 Å². The van der Waals surface area contributed by atoms with E-state index in [1.165, 1.54) is 0 Å². The number of H-pyrrole nitrogens is 1. The van der Waals surface area contributed by atoms with Crippen molar-refractivity contribution in [3.8, 4) is 11.8 Å². The molecular formula is C12H6ClF2N. The van der Waals surface area contributed by atoms with Gasteiger partial charge < -0.3 is 4.98 Å². The zero-order valence-corrected chi connectivity index (χ0v) is 8.78. The molecule has 0 saturated heterocycles. The van der Waals surface area contributed by atoms with Crippen molar-refractivity contribution in [3.63, 3.8) is 0 Å². The predicted octanol–water partition coefficient (Wildman–Crippen LogP) is 3.35. The van der Waals surface area contributed by atoms with Gasteiger partial charge in [0.25, 0.3) is 0 Å². The third-order valence-corrected chi connectivity index (χ3v) is 2.21. The predicted molar refractivity (Wildman–Crippen MR) is 58.1 cm³/mol. The molecule has 1 aromatic heterocycles. The maximum atomic E-state index is 12.8. The number of nitrogens with one attached hydrogen (secondary N) is 1. The Balaban J connectivity index is 2.34. The van der Waals surface area contributed by atoms with Crippen molar-refractivity contribution >= 4 is 11.6 Å². The minimum absolute atomic E-state index is 0.267. The van der Waals surface area contributed by atoms with E-state index in [1.807, 2.05) is 0 Å². The van der Waals surface area contributed by atoms with Crippen LogP contribution in [0.4, 0.5) is 8.78 Å². The second-order valence-electron chi connectivity index (χ2n) is 3.11. The molecule has 0 aliphatic carbocycles. The molecule has 0 fully saturated rings. The smallest absolute Gasteiger partial charge is 0.127 e. The summed E-state index contributed by atoms with van der Waals surface area (Å²) in [5.41, 5.74) is 0.787. The van der Waals surface area contributed by atoms with E-state index in [9.17, 15) is 8.78 Å². The van der Waals surface area contributed by atoms with E-state index < -0.39 is 11.6 Å². The summed E-state index contributed by atoms with van der Waals surface area (Å²) in [6, 6.07) is 4.77. The molecule has 80 valence electrons. The molecule has 0 spiro atoms. The van der Waals surface area contributed by atoms with Gasteiger partial charge in [0.2, 0.25) is 0 Å². The lowest BCUT2D eigenvalue weighted by Crippen LogP contribution is -1.83. The highest BCUT2D eigenvalue weighted by Crippen LogP contribution is 2.12. The Labute approximate surface area is 96.1 Å². The van der Waals surface area contributed by atoms with Gasteiger partial charge in [-0.05, 0) is 24.1 Å². The first-order chi connectivity index (χ1) is 7.65. The molecule has 1 heterocycles. The molecule has 1 nitrogen and oxygen atoms in total. The van der Waals surface area contributed by atoms with Gasteiger partial charge >= 0.3 is 0 Å². The summed E-state index contributed by atoms with van der Waals surface area (Å²) < 4.78 is 25.7. The van der Waals surface area contributed by atoms with Gasteiger partial charge in [-0.3, -0.25) is 0 Å². The van der Waals surface area contributed by atoms with Crippen LogP contribution < -0.4 is 0 Å². The minimum atomic E-state index is -0.651. The Morgan fingerprint density at radius 3 is 2.31 bits per heavy atom. The lowest BCUT2D eigenvalue weighted by atomic mass is 10.2. The molecule has 2 aromatic rings. The zero-order valence-electron chi connectivity index (χ0n) is 8.02. The molecule has 0 unspecified atom stereocenters. The van der Waals surface area contributed by atoms with Crippen LogP contribution in [0.2, 0.25) is 5.02 Å². The van der Waals surface area contributed by atoms with Crippen LogP contribution in [-0.2, 0) is 0 Å². The zero-order chi connectivity index (χ0) is 11.5. The van der Waals surface area contributed by atoms with Gasteiger partial charge in [-0.15, -0.1) is 0 Å². The highest BCUT2D eigenvalue weighted by atomic mass is 35.5. The molecule has 0 atom stereocenters. The van der Waals surface area contributed by atoms with E-state index in [0.717, 1.165) is 18.2 Å². The average Bonchev–Trinajstić information content (AvgIpc) is 2.59. The summed E-state index contributed by atoms with van der Waals surface area (Å²) in [5, 5.41) is 0.476.